The zero-order valence-electron chi connectivity index (χ0n) is 16.9. The summed E-state index contributed by atoms with van der Waals surface area (Å²) in [4.78, 5) is 15.0. The van der Waals surface area contributed by atoms with Crippen LogP contribution in [0.5, 0.6) is 0 Å². The summed E-state index contributed by atoms with van der Waals surface area (Å²) >= 11 is 6.15. The van der Waals surface area contributed by atoms with E-state index in [0.717, 1.165) is 42.3 Å². The first-order valence-electron chi connectivity index (χ1n) is 10.4. The van der Waals surface area contributed by atoms with Gasteiger partial charge in [-0.3, -0.25) is 9.48 Å². The molecule has 0 amide bonds. The van der Waals surface area contributed by atoms with E-state index in [9.17, 15) is 4.79 Å². The molecule has 5 rings (SSSR count). The van der Waals surface area contributed by atoms with Gasteiger partial charge >= 0.3 is 0 Å². The molecule has 7 heteroatoms. The Bertz CT molecular complexity index is 1240. The lowest BCUT2D eigenvalue weighted by Crippen LogP contribution is -2.35. The van der Waals surface area contributed by atoms with Crippen molar-refractivity contribution in [3.63, 3.8) is 0 Å². The normalized spacial score (nSPS) is 14.7. The highest BCUT2D eigenvalue weighted by molar-refractivity contribution is 6.30. The van der Waals surface area contributed by atoms with Crippen LogP contribution in [-0.2, 0) is 0 Å². The van der Waals surface area contributed by atoms with Crippen LogP contribution in [0.25, 0.3) is 17.1 Å². The van der Waals surface area contributed by atoms with E-state index in [2.05, 4.69) is 16.1 Å². The molecule has 4 aromatic rings. The van der Waals surface area contributed by atoms with Crippen LogP contribution >= 0.6 is 11.6 Å². The number of anilines is 1. The Kier molecular flexibility index (Phi) is 5.30. The molecular formula is C24H22ClN5O. The number of hydrogen-bond donors (Lipinski definition) is 0. The van der Waals surface area contributed by atoms with Gasteiger partial charge in [-0.2, -0.15) is 10.2 Å². The number of halogens is 1. The summed E-state index contributed by atoms with van der Waals surface area (Å²) in [5.41, 5.74) is 3.05. The summed E-state index contributed by atoms with van der Waals surface area (Å²) in [6.45, 7) is 1.83. The maximum atomic E-state index is 12.7. The van der Waals surface area contributed by atoms with Crippen LogP contribution in [0, 0.1) is 0 Å². The van der Waals surface area contributed by atoms with Crippen molar-refractivity contribution in [1.29, 1.82) is 0 Å². The first kappa shape index (κ1) is 19.6. The lowest BCUT2D eigenvalue weighted by molar-refractivity contribution is 0.362. The van der Waals surface area contributed by atoms with Gasteiger partial charge in [0.2, 0.25) is 5.43 Å². The molecule has 0 radical (unpaired) electrons. The van der Waals surface area contributed by atoms with Crippen LogP contribution in [-0.4, -0.2) is 32.7 Å². The molecule has 0 unspecified atom stereocenters. The van der Waals surface area contributed by atoms with E-state index >= 15 is 0 Å². The van der Waals surface area contributed by atoms with Gasteiger partial charge in [-0.1, -0.05) is 35.9 Å². The van der Waals surface area contributed by atoms with Crippen molar-refractivity contribution in [2.45, 2.75) is 18.9 Å². The number of benzene rings is 2. The number of rotatable bonds is 4. The van der Waals surface area contributed by atoms with Gasteiger partial charge in [0, 0.05) is 36.1 Å². The van der Waals surface area contributed by atoms with Gasteiger partial charge in [0.1, 0.15) is 0 Å². The van der Waals surface area contributed by atoms with Crippen LogP contribution in [0.4, 0.5) is 5.69 Å². The minimum atomic E-state index is -0.106. The van der Waals surface area contributed by atoms with E-state index in [-0.39, 0.29) is 11.5 Å². The van der Waals surface area contributed by atoms with Gasteiger partial charge in [-0.05, 0) is 49.2 Å². The molecule has 2 aromatic carbocycles. The highest BCUT2D eigenvalue weighted by Gasteiger charge is 2.22. The van der Waals surface area contributed by atoms with E-state index in [1.807, 2.05) is 59.3 Å². The number of aromatic nitrogens is 4. The van der Waals surface area contributed by atoms with Gasteiger partial charge < -0.3 is 4.90 Å². The molecule has 31 heavy (non-hydrogen) atoms. The Morgan fingerprint density at radius 2 is 1.68 bits per heavy atom. The Morgan fingerprint density at radius 1 is 0.903 bits per heavy atom. The third-order valence-electron chi connectivity index (χ3n) is 5.73. The van der Waals surface area contributed by atoms with Gasteiger partial charge in [-0.15, -0.1) is 0 Å². The van der Waals surface area contributed by atoms with E-state index in [0.29, 0.717) is 11.4 Å². The van der Waals surface area contributed by atoms with Gasteiger partial charge in [0.05, 0.1) is 23.6 Å². The van der Waals surface area contributed by atoms with Crippen LogP contribution in [0.15, 0.2) is 83.9 Å². The molecule has 0 aliphatic carbocycles. The molecule has 1 saturated heterocycles. The number of para-hydroxylation sites is 1. The molecule has 0 N–H and O–H groups in total. The van der Waals surface area contributed by atoms with Crippen LogP contribution < -0.4 is 10.3 Å². The largest absolute Gasteiger partial charge is 0.371 e. The average molecular weight is 432 g/mol. The van der Waals surface area contributed by atoms with E-state index in [1.165, 1.54) is 0 Å². The molecule has 1 aliphatic heterocycles. The monoisotopic (exact) mass is 431 g/mol. The van der Waals surface area contributed by atoms with E-state index < -0.39 is 0 Å². The highest BCUT2D eigenvalue weighted by atomic mass is 35.5. The predicted octanol–water partition coefficient (Wildman–Crippen LogP) is 4.59. The van der Waals surface area contributed by atoms with Gasteiger partial charge in [-0.25, -0.2) is 4.68 Å². The van der Waals surface area contributed by atoms with Crippen LogP contribution in [0.3, 0.4) is 0 Å². The highest BCUT2D eigenvalue weighted by Crippen LogP contribution is 2.28. The average Bonchev–Trinajstić information content (AvgIpc) is 3.30. The predicted molar refractivity (Wildman–Crippen MR) is 123 cm³/mol. The van der Waals surface area contributed by atoms with Gasteiger partial charge in [0.15, 0.2) is 5.69 Å². The summed E-state index contributed by atoms with van der Waals surface area (Å²) in [6.07, 6.45) is 5.39. The zero-order valence-corrected chi connectivity index (χ0v) is 17.7. The molecule has 2 aromatic heterocycles. The van der Waals surface area contributed by atoms with Crippen LogP contribution in [0.2, 0.25) is 5.02 Å². The Balaban J connectivity index is 1.40. The molecule has 1 fully saturated rings. The summed E-state index contributed by atoms with van der Waals surface area (Å²) in [5, 5.41) is 9.90. The molecule has 1 aliphatic rings. The van der Waals surface area contributed by atoms with Crippen molar-refractivity contribution in [3.05, 3.63) is 94.4 Å². The molecule has 156 valence electrons. The standard InChI is InChI=1S/C24H22ClN5O/c25-18-5-4-8-21(17-18)28-14-10-19(11-15-28)29-16-12-23(31)24(27-29)22-9-13-26-30(22)20-6-2-1-3-7-20/h1-9,12-13,16-17,19H,10-11,14-15H2. The summed E-state index contributed by atoms with van der Waals surface area (Å²) in [7, 11) is 0. The summed E-state index contributed by atoms with van der Waals surface area (Å²) in [6, 6.07) is 21.4. The lowest BCUT2D eigenvalue weighted by atomic mass is 10.0. The minimum Gasteiger partial charge on any atom is -0.371 e. The van der Waals surface area contributed by atoms with E-state index in [1.54, 1.807) is 23.1 Å². The van der Waals surface area contributed by atoms with Gasteiger partial charge in [0.25, 0.3) is 0 Å². The number of hydrogen-bond acceptors (Lipinski definition) is 4. The second-order valence-corrected chi connectivity index (χ2v) is 8.11. The van der Waals surface area contributed by atoms with E-state index in [4.69, 9.17) is 16.7 Å². The molecule has 0 bridgehead atoms. The SMILES string of the molecule is O=c1ccn(C2CCN(c3cccc(Cl)c3)CC2)nc1-c1ccnn1-c1ccccc1. The Morgan fingerprint density at radius 3 is 2.45 bits per heavy atom. The maximum absolute atomic E-state index is 12.7. The topological polar surface area (TPSA) is 56.0 Å². The van der Waals surface area contributed by atoms with Crippen LogP contribution in [0.1, 0.15) is 18.9 Å². The molecule has 0 saturated carbocycles. The van der Waals surface area contributed by atoms with Crippen molar-refractivity contribution in [2.24, 2.45) is 0 Å². The number of nitrogens with zero attached hydrogens (tertiary/aromatic N) is 5. The lowest BCUT2D eigenvalue weighted by Gasteiger charge is -2.34. The molecule has 0 atom stereocenters. The third-order valence-corrected chi connectivity index (χ3v) is 5.96. The van der Waals surface area contributed by atoms with Crippen molar-refractivity contribution >= 4 is 17.3 Å². The van der Waals surface area contributed by atoms with Crippen molar-refractivity contribution in [1.82, 2.24) is 19.6 Å². The second kappa shape index (κ2) is 8.40. The van der Waals surface area contributed by atoms with Crippen molar-refractivity contribution in [2.75, 3.05) is 18.0 Å². The minimum absolute atomic E-state index is 0.106. The van der Waals surface area contributed by atoms with Crippen molar-refractivity contribution in [3.8, 4) is 17.1 Å². The fourth-order valence-corrected chi connectivity index (χ4v) is 4.31. The Hall–Kier alpha value is -3.38. The molecular weight excluding hydrogens is 410 g/mol. The molecule has 0 spiro atoms. The fraction of sp³-hybridized carbons (Fsp3) is 0.208. The zero-order chi connectivity index (χ0) is 21.2. The fourth-order valence-electron chi connectivity index (χ4n) is 4.12. The number of piperidine rings is 1. The first-order valence-corrected chi connectivity index (χ1v) is 10.8. The summed E-state index contributed by atoms with van der Waals surface area (Å²) < 4.78 is 3.70. The Labute approximate surface area is 185 Å². The second-order valence-electron chi connectivity index (χ2n) is 7.67. The quantitative estimate of drug-likeness (QED) is 0.474. The first-order chi connectivity index (χ1) is 15.2. The molecule has 6 nitrogen and oxygen atoms in total. The smallest absolute Gasteiger partial charge is 0.209 e. The third kappa shape index (κ3) is 3.99. The van der Waals surface area contributed by atoms with Crippen molar-refractivity contribution < 1.29 is 0 Å². The molecule has 3 heterocycles. The maximum Gasteiger partial charge on any atom is 0.209 e. The summed E-state index contributed by atoms with van der Waals surface area (Å²) in [5.74, 6) is 0.